The third-order valence-electron chi connectivity index (χ3n) is 2.65. The number of unbranched alkanes of at least 4 members (excludes halogenated alkanes) is 2. The number of carbonyl (C=O) groups is 1. The quantitative estimate of drug-likeness (QED) is 0.430. The van der Waals surface area contributed by atoms with Crippen LogP contribution in [-0.2, 0) is 9.78 Å². The van der Waals surface area contributed by atoms with Gasteiger partial charge in [-0.1, -0.05) is 38.0 Å². The van der Waals surface area contributed by atoms with Gasteiger partial charge in [0.1, 0.15) is 0 Å². The highest BCUT2D eigenvalue weighted by molar-refractivity contribution is 5.92. The summed E-state index contributed by atoms with van der Waals surface area (Å²) in [5.74, 6) is -0.405. The molecule has 0 aromatic heterocycles. The molecule has 0 aliphatic heterocycles. The van der Waals surface area contributed by atoms with Gasteiger partial charge in [-0.3, -0.25) is 4.89 Å². The molecule has 0 bridgehead atoms. The Kier molecular flexibility index (Phi) is 5.70. The van der Waals surface area contributed by atoms with Crippen molar-refractivity contribution in [1.29, 1.82) is 0 Å². The average Bonchev–Trinajstić information content (AvgIpc) is 2.28. The maximum atomic E-state index is 11.8. The maximum Gasteiger partial charge on any atom is 0.373 e. The molecule has 0 N–H and O–H groups in total. The van der Waals surface area contributed by atoms with Crippen LogP contribution in [0.15, 0.2) is 18.2 Å². The first-order valence-electron chi connectivity index (χ1n) is 6.06. The van der Waals surface area contributed by atoms with Crippen molar-refractivity contribution in [2.45, 2.75) is 40.0 Å². The molecule has 0 radical (unpaired) electrons. The maximum absolute atomic E-state index is 11.8. The van der Waals surface area contributed by atoms with Crippen LogP contribution in [0, 0.1) is 13.8 Å². The lowest BCUT2D eigenvalue weighted by atomic mass is 10.0. The molecular weight excluding hydrogens is 216 g/mol. The first-order chi connectivity index (χ1) is 8.16. The van der Waals surface area contributed by atoms with Gasteiger partial charge in [0, 0.05) is 0 Å². The molecule has 0 aliphatic carbocycles. The summed E-state index contributed by atoms with van der Waals surface area (Å²) >= 11 is 0. The van der Waals surface area contributed by atoms with Gasteiger partial charge in [-0.05, 0) is 31.4 Å². The summed E-state index contributed by atoms with van der Waals surface area (Å²) in [6.45, 7) is 6.36. The van der Waals surface area contributed by atoms with Crippen molar-refractivity contribution in [3.8, 4) is 0 Å². The highest BCUT2D eigenvalue weighted by Crippen LogP contribution is 2.14. The fraction of sp³-hybridized carbons (Fsp3) is 0.500. The van der Waals surface area contributed by atoms with E-state index in [0.717, 1.165) is 30.4 Å². The van der Waals surface area contributed by atoms with Crippen LogP contribution in [0.4, 0.5) is 0 Å². The molecule has 0 fully saturated rings. The topological polar surface area (TPSA) is 35.5 Å². The van der Waals surface area contributed by atoms with Crippen LogP contribution in [0.2, 0.25) is 0 Å². The lowest BCUT2D eigenvalue weighted by Crippen LogP contribution is -2.10. The minimum absolute atomic E-state index is 0.405. The van der Waals surface area contributed by atoms with Gasteiger partial charge >= 0.3 is 5.97 Å². The second kappa shape index (κ2) is 7.07. The van der Waals surface area contributed by atoms with E-state index in [1.54, 1.807) is 0 Å². The molecule has 1 aromatic rings. The Labute approximate surface area is 103 Å². The largest absolute Gasteiger partial charge is 0.373 e. The van der Waals surface area contributed by atoms with E-state index >= 15 is 0 Å². The number of hydrogen-bond donors (Lipinski definition) is 0. The number of benzene rings is 1. The first kappa shape index (κ1) is 13.7. The minimum atomic E-state index is -0.405. The number of rotatable bonds is 6. The Balaban J connectivity index is 2.47. The molecule has 0 aliphatic rings. The zero-order valence-electron chi connectivity index (χ0n) is 10.8. The molecule has 0 spiro atoms. The van der Waals surface area contributed by atoms with E-state index in [0.29, 0.717) is 12.2 Å². The standard InChI is InChI=1S/C14H20O3/c1-4-5-6-10-16-17-14(15)13-11(2)8-7-9-12(13)3/h7-9H,4-6,10H2,1-3H3. The van der Waals surface area contributed by atoms with Crippen molar-refractivity contribution < 1.29 is 14.6 Å². The van der Waals surface area contributed by atoms with Crippen molar-refractivity contribution in [3.05, 3.63) is 34.9 Å². The third kappa shape index (κ3) is 4.19. The van der Waals surface area contributed by atoms with Crippen molar-refractivity contribution in [1.82, 2.24) is 0 Å². The van der Waals surface area contributed by atoms with Crippen LogP contribution < -0.4 is 0 Å². The summed E-state index contributed by atoms with van der Waals surface area (Å²) in [6.07, 6.45) is 3.12. The van der Waals surface area contributed by atoms with Gasteiger partial charge in [0.25, 0.3) is 0 Å². The molecule has 0 atom stereocenters. The second-order valence-corrected chi connectivity index (χ2v) is 4.17. The number of carbonyl (C=O) groups excluding carboxylic acids is 1. The molecule has 1 rings (SSSR count). The molecule has 3 heteroatoms. The lowest BCUT2D eigenvalue weighted by molar-refractivity contribution is -0.241. The van der Waals surface area contributed by atoms with E-state index in [9.17, 15) is 4.79 Å². The molecule has 0 amide bonds. The van der Waals surface area contributed by atoms with Crippen molar-refractivity contribution in [2.24, 2.45) is 0 Å². The monoisotopic (exact) mass is 236 g/mol. The highest BCUT2D eigenvalue weighted by atomic mass is 17.2. The van der Waals surface area contributed by atoms with Crippen LogP contribution in [-0.4, -0.2) is 12.6 Å². The van der Waals surface area contributed by atoms with E-state index in [4.69, 9.17) is 9.78 Å². The average molecular weight is 236 g/mol. The second-order valence-electron chi connectivity index (χ2n) is 4.17. The summed E-state index contributed by atoms with van der Waals surface area (Å²) < 4.78 is 0. The fourth-order valence-electron chi connectivity index (χ4n) is 1.68. The predicted octanol–water partition coefficient (Wildman–Crippen LogP) is 3.58. The molecule has 0 unspecified atom stereocenters. The van der Waals surface area contributed by atoms with E-state index in [1.165, 1.54) is 0 Å². The molecule has 0 saturated heterocycles. The molecular formula is C14H20O3. The fourth-order valence-corrected chi connectivity index (χ4v) is 1.68. The van der Waals surface area contributed by atoms with E-state index in [1.807, 2.05) is 32.0 Å². The normalized spacial score (nSPS) is 10.3. The zero-order valence-corrected chi connectivity index (χ0v) is 10.8. The third-order valence-corrected chi connectivity index (χ3v) is 2.65. The Morgan fingerprint density at radius 1 is 1.18 bits per heavy atom. The van der Waals surface area contributed by atoms with Gasteiger partial charge in [-0.2, -0.15) is 4.89 Å². The predicted molar refractivity (Wildman–Crippen MR) is 66.8 cm³/mol. The molecule has 3 nitrogen and oxygen atoms in total. The molecule has 1 aromatic carbocycles. The number of hydrogen-bond acceptors (Lipinski definition) is 3. The van der Waals surface area contributed by atoms with Crippen LogP contribution >= 0.6 is 0 Å². The Bertz CT molecular complexity index is 351. The van der Waals surface area contributed by atoms with E-state index in [2.05, 4.69) is 6.92 Å². The van der Waals surface area contributed by atoms with Crippen LogP contribution in [0.25, 0.3) is 0 Å². The first-order valence-corrected chi connectivity index (χ1v) is 6.06. The lowest BCUT2D eigenvalue weighted by Gasteiger charge is -2.08. The summed E-state index contributed by atoms with van der Waals surface area (Å²) in [7, 11) is 0. The van der Waals surface area contributed by atoms with Gasteiger partial charge in [-0.15, -0.1) is 0 Å². The van der Waals surface area contributed by atoms with Crippen LogP contribution in [0.5, 0.6) is 0 Å². The molecule has 0 saturated carbocycles. The van der Waals surface area contributed by atoms with Gasteiger partial charge in [0.15, 0.2) is 0 Å². The highest BCUT2D eigenvalue weighted by Gasteiger charge is 2.14. The minimum Gasteiger partial charge on any atom is -0.293 e. The number of aryl methyl sites for hydroxylation is 2. The van der Waals surface area contributed by atoms with Crippen LogP contribution in [0.1, 0.15) is 47.7 Å². The van der Waals surface area contributed by atoms with E-state index < -0.39 is 5.97 Å². The zero-order chi connectivity index (χ0) is 12.7. The summed E-state index contributed by atoms with van der Waals surface area (Å²) in [4.78, 5) is 21.5. The Hall–Kier alpha value is -1.35. The summed E-state index contributed by atoms with van der Waals surface area (Å²) in [5, 5.41) is 0. The van der Waals surface area contributed by atoms with Gasteiger partial charge in [0.2, 0.25) is 0 Å². The van der Waals surface area contributed by atoms with Crippen molar-refractivity contribution in [2.75, 3.05) is 6.61 Å². The van der Waals surface area contributed by atoms with Crippen molar-refractivity contribution >= 4 is 5.97 Å². The summed E-state index contributed by atoms with van der Waals surface area (Å²) in [5.41, 5.74) is 2.42. The molecule has 17 heavy (non-hydrogen) atoms. The smallest absolute Gasteiger partial charge is 0.293 e. The molecule has 0 heterocycles. The van der Waals surface area contributed by atoms with Crippen LogP contribution in [0.3, 0.4) is 0 Å². The summed E-state index contributed by atoms with van der Waals surface area (Å²) in [6, 6.07) is 5.70. The van der Waals surface area contributed by atoms with Gasteiger partial charge in [0.05, 0.1) is 12.2 Å². The SMILES string of the molecule is CCCCCOOC(=O)c1c(C)cccc1C. The Morgan fingerprint density at radius 3 is 2.41 bits per heavy atom. The van der Waals surface area contributed by atoms with Gasteiger partial charge in [-0.25, -0.2) is 4.79 Å². The van der Waals surface area contributed by atoms with Crippen molar-refractivity contribution in [3.63, 3.8) is 0 Å². The Morgan fingerprint density at radius 2 is 1.82 bits per heavy atom. The van der Waals surface area contributed by atoms with Gasteiger partial charge < -0.3 is 0 Å². The van der Waals surface area contributed by atoms with E-state index in [-0.39, 0.29) is 0 Å². The molecule has 94 valence electrons.